The van der Waals surface area contributed by atoms with Gasteiger partial charge in [-0.25, -0.2) is 0 Å². The van der Waals surface area contributed by atoms with Gasteiger partial charge in [-0.1, -0.05) is 42.5 Å². The Kier molecular flexibility index (Phi) is 5.63. The highest BCUT2D eigenvalue weighted by Crippen LogP contribution is 2.23. The number of nitrogens with zero attached hydrogens (tertiary/aromatic N) is 2. The molecule has 2 amide bonds. The van der Waals surface area contributed by atoms with Crippen LogP contribution in [0.4, 0.5) is 0 Å². The number of aliphatic hydroxyl groups excluding tert-OH is 1. The van der Waals surface area contributed by atoms with E-state index in [0.29, 0.717) is 6.54 Å². The van der Waals surface area contributed by atoms with Gasteiger partial charge in [0.05, 0.1) is 12.1 Å². The zero-order chi connectivity index (χ0) is 20.3. The van der Waals surface area contributed by atoms with Crippen molar-refractivity contribution in [3.63, 3.8) is 0 Å². The van der Waals surface area contributed by atoms with E-state index in [9.17, 15) is 19.5 Å². The maximum Gasteiger partial charge on any atom is 0.303 e. The fourth-order valence-electron chi connectivity index (χ4n) is 3.38. The molecule has 7 heteroatoms. The third-order valence-corrected chi connectivity index (χ3v) is 4.84. The minimum absolute atomic E-state index is 0.0109. The van der Waals surface area contributed by atoms with E-state index < -0.39 is 23.5 Å². The molecule has 28 heavy (non-hydrogen) atoms. The zero-order valence-corrected chi connectivity index (χ0v) is 15.6. The molecule has 0 aliphatic carbocycles. The van der Waals surface area contributed by atoms with E-state index in [4.69, 9.17) is 5.11 Å². The first-order valence-corrected chi connectivity index (χ1v) is 9.03. The smallest absolute Gasteiger partial charge is 0.303 e. The molecule has 0 aromatic heterocycles. The summed E-state index contributed by atoms with van der Waals surface area (Å²) in [6, 6.07) is 13.7. The van der Waals surface area contributed by atoms with Crippen molar-refractivity contribution in [3.05, 3.63) is 59.4 Å². The topological polar surface area (TPSA) is 98.2 Å². The van der Waals surface area contributed by atoms with Crippen molar-refractivity contribution < 1.29 is 24.6 Å². The molecule has 1 heterocycles. The number of carboxylic acids is 1. The summed E-state index contributed by atoms with van der Waals surface area (Å²) in [4.78, 5) is 38.4. The van der Waals surface area contributed by atoms with Crippen molar-refractivity contribution in [1.82, 2.24) is 9.80 Å². The second-order valence-electron chi connectivity index (χ2n) is 6.85. The van der Waals surface area contributed by atoms with E-state index >= 15 is 0 Å². The van der Waals surface area contributed by atoms with Crippen LogP contribution >= 0.6 is 0 Å². The Balaban J connectivity index is 1.70. The number of carbonyl (C=O) groups is 3. The lowest BCUT2D eigenvalue weighted by Crippen LogP contribution is -2.32. The molecule has 146 valence electrons. The van der Waals surface area contributed by atoms with Crippen molar-refractivity contribution in [2.24, 2.45) is 0 Å². The van der Waals surface area contributed by atoms with Crippen LogP contribution < -0.4 is 0 Å². The number of carboxylic acid groups (broad SMARTS) is 1. The first kappa shape index (κ1) is 19.4. The standard InChI is InChI=1S/C21H22N2O5/c1-22(12-15-8-4-7-14-6-2-3-9-16(14)15)20(27)17-13-23(21(28)19(17)26)11-5-10-18(24)25/h2-4,6-9,26H,5,10-13H2,1H3,(H,24,25). The monoisotopic (exact) mass is 382 g/mol. The molecule has 0 fully saturated rings. The van der Waals surface area contributed by atoms with Crippen LogP contribution in [0.3, 0.4) is 0 Å². The molecule has 0 radical (unpaired) electrons. The highest BCUT2D eigenvalue weighted by Gasteiger charge is 2.34. The van der Waals surface area contributed by atoms with Crippen LogP contribution in [0.1, 0.15) is 18.4 Å². The number of carbonyl (C=O) groups excluding carboxylic acids is 2. The van der Waals surface area contributed by atoms with E-state index in [-0.39, 0.29) is 31.5 Å². The van der Waals surface area contributed by atoms with Gasteiger partial charge in [0.2, 0.25) is 0 Å². The molecular formula is C21H22N2O5. The molecule has 1 aliphatic heterocycles. The van der Waals surface area contributed by atoms with E-state index in [0.717, 1.165) is 16.3 Å². The van der Waals surface area contributed by atoms with Gasteiger partial charge in [-0.2, -0.15) is 0 Å². The zero-order valence-electron chi connectivity index (χ0n) is 15.6. The molecule has 0 unspecified atom stereocenters. The minimum Gasteiger partial charge on any atom is -0.503 e. The van der Waals surface area contributed by atoms with Gasteiger partial charge in [-0.3, -0.25) is 14.4 Å². The van der Waals surface area contributed by atoms with Crippen LogP contribution in [0.2, 0.25) is 0 Å². The number of aliphatic carboxylic acids is 1. The fraction of sp³-hybridized carbons (Fsp3) is 0.286. The maximum atomic E-state index is 12.8. The van der Waals surface area contributed by atoms with Crippen molar-refractivity contribution in [3.8, 4) is 0 Å². The summed E-state index contributed by atoms with van der Waals surface area (Å²) in [5, 5.41) is 20.9. The second-order valence-corrected chi connectivity index (χ2v) is 6.85. The summed E-state index contributed by atoms with van der Waals surface area (Å²) >= 11 is 0. The molecule has 0 saturated carbocycles. The molecule has 0 bridgehead atoms. The van der Waals surface area contributed by atoms with Crippen LogP contribution in [0, 0.1) is 0 Å². The van der Waals surface area contributed by atoms with Gasteiger partial charge < -0.3 is 20.0 Å². The number of rotatable bonds is 7. The molecule has 3 rings (SSSR count). The summed E-state index contributed by atoms with van der Waals surface area (Å²) in [5.41, 5.74) is 1.01. The summed E-state index contributed by atoms with van der Waals surface area (Å²) in [7, 11) is 1.63. The molecule has 2 N–H and O–H groups in total. The van der Waals surface area contributed by atoms with Gasteiger partial charge in [0.25, 0.3) is 11.8 Å². The lowest BCUT2D eigenvalue weighted by Gasteiger charge is -2.20. The van der Waals surface area contributed by atoms with E-state index in [1.54, 1.807) is 7.05 Å². The number of hydrogen-bond acceptors (Lipinski definition) is 4. The lowest BCUT2D eigenvalue weighted by atomic mass is 10.0. The summed E-state index contributed by atoms with van der Waals surface area (Å²) < 4.78 is 0. The third-order valence-electron chi connectivity index (χ3n) is 4.84. The van der Waals surface area contributed by atoms with Crippen LogP contribution in [-0.4, -0.2) is 57.9 Å². The Labute approximate surface area is 162 Å². The van der Waals surface area contributed by atoms with E-state index in [2.05, 4.69) is 0 Å². The second kappa shape index (κ2) is 8.12. The van der Waals surface area contributed by atoms with Crippen LogP contribution in [0.5, 0.6) is 0 Å². The number of hydrogen-bond donors (Lipinski definition) is 2. The molecule has 2 aromatic rings. The number of fused-ring (bicyclic) bond motifs is 1. The Morgan fingerprint density at radius 2 is 1.86 bits per heavy atom. The first-order chi connectivity index (χ1) is 13.4. The Morgan fingerprint density at radius 3 is 2.61 bits per heavy atom. The van der Waals surface area contributed by atoms with Crippen LogP contribution in [-0.2, 0) is 20.9 Å². The number of aliphatic hydroxyl groups is 1. The molecule has 0 spiro atoms. The van der Waals surface area contributed by atoms with E-state index in [1.807, 2.05) is 42.5 Å². The fourth-order valence-corrected chi connectivity index (χ4v) is 3.38. The van der Waals surface area contributed by atoms with Crippen molar-refractivity contribution in [1.29, 1.82) is 0 Å². The third kappa shape index (κ3) is 3.98. The largest absolute Gasteiger partial charge is 0.503 e. The van der Waals surface area contributed by atoms with Gasteiger partial charge >= 0.3 is 5.97 Å². The van der Waals surface area contributed by atoms with E-state index in [1.165, 1.54) is 9.80 Å². The van der Waals surface area contributed by atoms with Crippen molar-refractivity contribution >= 4 is 28.6 Å². The number of likely N-dealkylation sites (N-methyl/N-ethyl adjacent to an activating group) is 1. The van der Waals surface area contributed by atoms with Crippen LogP contribution in [0.15, 0.2) is 53.8 Å². The molecule has 7 nitrogen and oxygen atoms in total. The first-order valence-electron chi connectivity index (χ1n) is 9.03. The molecule has 0 saturated heterocycles. The minimum atomic E-state index is -0.949. The normalized spacial score (nSPS) is 14.0. The molecule has 2 aromatic carbocycles. The average molecular weight is 382 g/mol. The van der Waals surface area contributed by atoms with Gasteiger partial charge in [-0.15, -0.1) is 0 Å². The highest BCUT2D eigenvalue weighted by atomic mass is 16.4. The van der Waals surface area contributed by atoms with Crippen molar-refractivity contribution in [2.75, 3.05) is 20.1 Å². The van der Waals surface area contributed by atoms with Crippen LogP contribution in [0.25, 0.3) is 10.8 Å². The number of benzene rings is 2. The molecular weight excluding hydrogens is 360 g/mol. The summed E-state index contributed by atoms with van der Waals surface area (Å²) in [6.07, 6.45) is 0.191. The average Bonchev–Trinajstić information content (AvgIpc) is 2.96. The van der Waals surface area contributed by atoms with Gasteiger partial charge in [0.1, 0.15) is 0 Å². The Bertz CT molecular complexity index is 961. The summed E-state index contributed by atoms with van der Waals surface area (Å²) in [5.74, 6) is -2.55. The Hall–Kier alpha value is -3.35. The summed E-state index contributed by atoms with van der Waals surface area (Å²) in [6.45, 7) is 0.506. The van der Waals surface area contributed by atoms with Crippen molar-refractivity contribution in [2.45, 2.75) is 19.4 Å². The quantitative estimate of drug-likeness (QED) is 0.766. The lowest BCUT2D eigenvalue weighted by molar-refractivity contribution is -0.137. The van der Waals surface area contributed by atoms with Gasteiger partial charge in [0.15, 0.2) is 5.76 Å². The SMILES string of the molecule is CN(Cc1cccc2ccccc12)C(=O)C1=C(O)C(=O)N(CCCC(=O)O)C1. The van der Waals surface area contributed by atoms with Gasteiger partial charge in [-0.05, 0) is 22.8 Å². The highest BCUT2D eigenvalue weighted by molar-refractivity contribution is 6.07. The predicted molar refractivity (Wildman–Crippen MR) is 104 cm³/mol. The predicted octanol–water partition coefficient (Wildman–Crippen LogP) is 2.32. The Morgan fingerprint density at radius 1 is 1.14 bits per heavy atom. The molecule has 1 aliphatic rings. The maximum absolute atomic E-state index is 12.8. The number of amides is 2. The molecule has 0 atom stereocenters. The van der Waals surface area contributed by atoms with Gasteiger partial charge in [0, 0.05) is 26.6 Å².